The molecule has 7 heteroatoms. The summed E-state index contributed by atoms with van der Waals surface area (Å²) >= 11 is 1.58. The molecular weight excluding hydrogens is 374 g/mol. The molecule has 28 heavy (non-hydrogen) atoms. The molecule has 0 saturated heterocycles. The second-order valence-electron chi connectivity index (χ2n) is 6.28. The molecule has 3 rings (SSSR count). The van der Waals surface area contributed by atoms with E-state index in [9.17, 15) is 9.59 Å². The Hall–Kier alpha value is -3.19. The average Bonchev–Trinajstić information content (AvgIpc) is 3.34. The van der Waals surface area contributed by atoms with Crippen molar-refractivity contribution in [2.24, 2.45) is 0 Å². The van der Waals surface area contributed by atoms with Gasteiger partial charge in [0.1, 0.15) is 12.2 Å². The number of ether oxygens (including phenoxy) is 1. The first kappa shape index (κ1) is 19.6. The smallest absolute Gasteiger partial charge is 0.325 e. The van der Waals surface area contributed by atoms with Crippen LogP contribution in [0.5, 0.6) is 0 Å². The van der Waals surface area contributed by atoms with Gasteiger partial charge in [-0.15, -0.1) is 11.3 Å². The lowest BCUT2D eigenvalue weighted by Gasteiger charge is -2.07. The van der Waals surface area contributed by atoms with Gasteiger partial charge in [0.15, 0.2) is 0 Å². The number of aromatic nitrogens is 2. The van der Waals surface area contributed by atoms with Crippen LogP contribution in [0.25, 0.3) is 22.3 Å². The first-order valence-corrected chi connectivity index (χ1v) is 9.75. The lowest BCUT2D eigenvalue weighted by Crippen LogP contribution is -2.30. The minimum atomic E-state index is -0.465. The number of hydrogen-bond donors (Lipinski definition) is 1. The van der Waals surface area contributed by atoms with Crippen LogP contribution in [0.4, 0.5) is 0 Å². The summed E-state index contributed by atoms with van der Waals surface area (Å²) in [6.45, 7) is 3.36. The highest BCUT2D eigenvalue weighted by Gasteiger charge is 2.12. The van der Waals surface area contributed by atoms with Gasteiger partial charge in [0, 0.05) is 17.8 Å². The minimum absolute atomic E-state index is 0.164. The van der Waals surface area contributed by atoms with Gasteiger partial charge >= 0.3 is 5.97 Å². The molecule has 2 aromatic heterocycles. The van der Waals surface area contributed by atoms with Gasteiger partial charge in [0.25, 0.3) is 0 Å². The molecule has 0 bridgehead atoms. The number of thiophene rings is 1. The van der Waals surface area contributed by atoms with Crippen molar-refractivity contribution < 1.29 is 14.3 Å². The van der Waals surface area contributed by atoms with Crippen LogP contribution >= 0.6 is 11.3 Å². The summed E-state index contributed by atoms with van der Waals surface area (Å²) < 4.78 is 6.78. The monoisotopic (exact) mass is 395 g/mol. The third-order valence-corrected chi connectivity index (χ3v) is 4.58. The van der Waals surface area contributed by atoms with Gasteiger partial charge in [-0.3, -0.25) is 9.59 Å². The summed E-state index contributed by atoms with van der Waals surface area (Å²) in [6, 6.07) is 13.7. The van der Waals surface area contributed by atoms with E-state index < -0.39 is 5.97 Å². The number of carbonyl (C=O) groups excluding carboxylic acids is 2. The predicted molar refractivity (Wildman–Crippen MR) is 110 cm³/mol. The summed E-state index contributed by atoms with van der Waals surface area (Å²) in [4.78, 5) is 24.6. The van der Waals surface area contributed by atoms with E-state index in [1.54, 1.807) is 35.9 Å². The molecule has 1 amide bonds. The zero-order chi connectivity index (χ0) is 19.9. The predicted octanol–water partition coefficient (Wildman–Crippen LogP) is 3.68. The molecule has 0 fully saturated rings. The van der Waals surface area contributed by atoms with E-state index in [2.05, 4.69) is 10.4 Å². The van der Waals surface area contributed by atoms with Crippen LogP contribution in [0.3, 0.4) is 0 Å². The molecule has 1 N–H and O–H groups in total. The van der Waals surface area contributed by atoms with E-state index in [-0.39, 0.29) is 18.6 Å². The Morgan fingerprint density at radius 3 is 2.68 bits per heavy atom. The first-order valence-electron chi connectivity index (χ1n) is 8.87. The zero-order valence-electron chi connectivity index (χ0n) is 15.7. The summed E-state index contributed by atoms with van der Waals surface area (Å²) in [5.74, 6) is -0.835. The van der Waals surface area contributed by atoms with E-state index in [0.29, 0.717) is 0 Å². The molecule has 0 aliphatic carbocycles. The highest BCUT2D eigenvalue weighted by Crippen LogP contribution is 2.28. The number of hydrogen-bond acceptors (Lipinski definition) is 5. The maximum Gasteiger partial charge on any atom is 0.325 e. The van der Waals surface area contributed by atoms with Gasteiger partial charge < -0.3 is 10.1 Å². The van der Waals surface area contributed by atoms with Crippen molar-refractivity contribution in [3.63, 3.8) is 0 Å². The average molecular weight is 395 g/mol. The van der Waals surface area contributed by atoms with Gasteiger partial charge in [-0.05, 0) is 43.5 Å². The van der Waals surface area contributed by atoms with Crippen molar-refractivity contribution in [3.8, 4) is 16.3 Å². The van der Waals surface area contributed by atoms with Gasteiger partial charge in [0.2, 0.25) is 5.91 Å². The lowest BCUT2D eigenvalue weighted by molar-refractivity contribution is -0.147. The van der Waals surface area contributed by atoms with Crippen LogP contribution in [0.2, 0.25) is 0 Å². The molecule has 6 nitrogen and oxygen atoms in total. The Labute approximate surface area is 167 Å². The highest BCUT2D eigenvalue weighted by atomic mass is 32.1. The zero-order valence-corrected chi connectivity index (χ0v) is 16.5. The normalized spacial score (nSPS) is 11.1. The van der Waals surface area contributed by atoms with Crippen LogP contribution in [0.1, 0.15) is 19.4 Å². The molecule has 0 spiro atoms. The quantitative estimate of drug-likeness (QED) is 0.489. The van der Waals surface area contributed by atoms with Gasteiger partial charge in [-0.2, -0.15) is 5.10 Å². The van der Waals surface area contributed by atoms with E-state index in [1.807, 2.05) is 54.0 Å². The van der Waals surface area contributed by atoms with Crippen LogP contribution < -0.4 is 5.32 Å². The topological polar surface area (TPSA) is 73.2 Å². The molecule has 0 aliphatic rings. The van der Waals surface area contributed by atoms with Crippen LogP contribution in [0, 0.1) is 0 Å². The fourth-order valence-corrected chi connectivity index (χ4v) is 3.25. The number of nitrogens with one attached hydrogen (secondary N) is 1. The van der Waals surface area contributed by atoms with Gasteiger partial charge in [0.05, 0.1) is 16.7 Å². The van der Waals surface area contributed by atoms with E-state index >= 15 is 0 Å². The molecule has 0 saturated carbocycles. The van der Waals surface area contributed by atoms with Crippen molar-refractivity contribution in [1.82, 2.24) is 15.1 Å². The lowest BCUT2D eigenvalue weighted by atomic mass is 10.2. The maximum atomic E-state index is 12.1. The molecule has 0 aliphatic heterocycles. The Balaban J connectivity index is 1.77. The van der Waals surface area contributed by atoms with Crippen LogP contribution in [0.15, 0.2) is 60.1 Å². The van der Waals surface area contributed by atoms with E-state index in [1.165, 1.54) is 6.08 Å². The molecule has 2 heterocycles. The largest absolute Gasteiger partial charge is 0.462 e. The number of benzene rings is 1. The Bertz CT molecular complexity index is 960. The van der Waals surface area contributed by atoms with Crippen molar-refractivity contribution in [1.29, 1.82) is 0 Å². The summed E-state index contributed by atoms with van der Waals surface area (Å²) in [5, 5.41) is 9.19. The number of nitrogens with zero attached hydrogens (tertiary/aromatic N) is 2. The number of esters is 1. The third-order valence-electron chi connectivity index (χ3n) is 3.71. The van der Waals surface area contributed by atoms with E-state index in [4.69, 9.17) is 4.74 Å². The molecule has 0 radical (unpaired) electrons. The molecule has 0 atom stereocenters. The maximum absolute atomic E-state index is 12.1. The fourth-order valence-electron chi connectivity index (χ4n) is 2.52. The number of carbonyl (C=O) groups is 2. The standard InChI is InChI=1S/C21H21N3O3S/c1-15(2)27-20(26)13-22-19(25)11-10-16-14-24(17-7-4-3-5-8-17)23-21(16)18-9-6-12-28-18/h3-12,14-15H,13H2,1-2H3,(H,22,25)/b11-10+. The molecular formula is C21H21N3O3S. The summed E-state index contributed by atoms with van der Waals surface area (Å²) in [5.41, 5.74) is 2.54. The van der Waals surface area contributed by atoms with Gasteiger partial charge in [-0.25, -0.2) is 4.68 Å². The fraction of sp³-hybridized carbons (Fsp3) is 0.190. The Kier molecular flexibility index (Phi) is 6.39. The minimum Gasteiger partial charge on any atom is -0.462 e. The van der Waals surface area contributed by atoms with Crippen molar-refractivity contribution in [3.05, 3.63) is 65.7 Å². The Morgan fingerprint density at radius 1 is 1.21 bits per heavy atom. The summed E-state index contributed by atoms with van der Waals surface area (Å²) in [6.07, 6.45) is 4.76. The van der Waals surface area contributed by atoms with Crippen molar-refractivity contribution in [2.45, 2.75) is 20.0 Å². The number of rotatable bonds is 7. The van der Waals surface area contributed by atoms with Crippen LogP contribution in [-0.2, 0) is 14.3 Å². The van der Waals surface area contributed by atoms with Crippen LogP contribution in [-0.4, -0.2) is 34.3 Å². The van der Waals surface area contributed by atoms with Crippen molar-refractivity contribution >= 4 is 29.3 Å². The highest BCUT2D eigenvalue weighted by molar-refractivity contribution is 7.13. The Morgan fingerprint density at radius 2 is 2.00 bits per heavy atom. The van der Waals surface area contributed by atoms with Crippen molar-refractivity contribution in [2.75, 3.05) is 6.54 Å². The second kappa shape index (κ2) is 9.14. The summed E-state index contributed by atoms with van der Waals surface area (Å²) in [7, 11) is 0. The molecule has 1 aromatic carbocycles. The molecule has 144 valence electrons. The number of amides is 1. The molecule has 3 aromatic rings. The third kappa shape index (κ3) is 5.17. The SMILES string of the molecule is CC(C)OC(=O)CNC(=O)/C=C/c1cn(-c2ccccc2)nc1-c1cccs1. The number of para-hydroxylation sites is 1. The second-order valence-corrected chi connectivity index (χ2v) is 7.23. The first-order chi connectivity index (χ1) is 13.5. The molecule has 0 unspecified atom stereocenters. The van der Waals surface area contributed by atoms with E-state index in [0.717, 1.165) is 21.8 Å². The van der Waals surface area contributed by atoms with Gasteiger partial charge in [-0.1, -0.05) is 24.3 Å².